The molecule has 4 aromatic rings. The summed E-state index contributed by atoms with van der Waals surface area (Å²) in [7, 11) is 0. The van der Waals surface area contributed by atoms with Crippen molar-refractivity contribution >= 4 is 17.2 Å². The minimum absolute atomic E-state index is 0.215. The molecule has 0 aliphatic carbocycles. The van der Waals surface area contributed by atoms with Gasteiger partial charge in [-0.25, -0.2) is 4.68 Å². The first kappa shape index (κ1) is 16.3. The number of thiophene rings is 1. The second-order valence-corrected chi connectivity index (χ2v) is 7.18. The predicted molar refractivity (Wildman–Crippen MR) is 101 cm³/mol. The minimum Gasteiger partial charge on any atom is -0.346 e. The summed E-state index contributed by atoms with van der Waals surface area (Å²) in [5.41, 5.74) is 3.13. The van der Waals surface area contributed by atoms with Gasteiger partial charge in [-0.15, -0.1) is 11.3 Å². The number of hydrogen-bond donors (Lipinski definition) is 2. The molecule has 7 heteroatoms. The summed E-state index contributed by atoms with van der Waals surface area (Å²) < 4.78 is 1.78. The van der Waals surface area contributed by atoms with Gasteiger partial charge in [-0.2, -0.15) is 10.2 Å². The number of nitrogens with zero attached hydrogens (tertiary/aromatic N) is 3. The van der Waals surface area contributed by atoms with Crippen molar-refractivity contribution in [3.63, 3.8) is 0 Å². The maximum Gasteiger partial charge on any atom is 0.272 e. The van der Waals surface area contributed by atoms with Crippen molar-refractivity contribution in [1.29, 1.82) is 0 Å². The minimum atomic E-state index is -0.215. The topological polar surface area (TPSA) is 75.6 Å². The first-order valence-corrected chi connectivity index (χ1v) is 9.00. The number of carbonyl (C=O) groups is 1. The number of aryl methyl sites for hydroxylation is 1. The van der Waals surface area contributed by atoms with Crippen LogP contribution in [0.5, 0.6) is 0 Å². The van der Waals surface area contributed by atoms with Crippen LogP contribution in [-0.4, -0.2) is 25.9 Å². The van der Waals surface area contributed by atoms with E-state index < -0.39 is 0 Å². The Labute approximate surface area is 154 Å². The summed E-state index contributed by atoms with van der Waals surface area (Å²) in [6.07, 6.45) is 3.65. The van der Waals surface area contributed by atoms with Gasteiger partial charge < -0.3 is 5.32 Å². The highest BCUT2D eigenvalue weighted by molar-refractivity contribution is 7.15. The van der Waals surface area contributed by atoms with E-state index >= 15 is 0 Å². The summed E-state index contributed by atoms with van der Waals surface area (Å²) in [5, 5.41) is 14.2. The quantitative estimate of drug-likeness (QED) is 0.569. The summed E-state index contributed by atoms with van der Waals surface area (Å²) in [5.74, 6) is -0.215. The molecule has 0 spiro atoms. The molecule has 130 valence electrons. The van der Waals surface area contributed by atoms with Crippen LogP contribution in [0.15, 0.2) is 60.9 Å². The van der Waals surface area contributed by atoms with E-state index in [2.05, 4.69) is 20.6 Å². The second kappa shape index (κ2) is 6.97. The molecule has 3 heterocycles. The lowest BCUT2D eigenvalue weighted by molar-refractivity contribution is 0.0946. The van der Waals surface area contributed by atoms with Crippen LogP contribution in [0.2, 0.25) is 0 Å². The van der Waals surface area contributed by atoms with Crippen molar-refractivity contribution in [2.75, 3.05) is 0 Å². The number of amides is 1. The van der Waals surface area contributed by atoms with Crippen LogP contribution in [0.3, 0.4) is 0 Å². The molecule has 0 bridgehead atoms. The van der Waals surface area contributed by atoms with Gasteiger partial charge in [0.1, 0.15) is 0 Å². The van der Waals surface area contributed by atoms with Gasteiger partial charge in [-0.1, -0.05) is 18.2 Å². The average Bonchev–Trinajstić information content (AvgIpc) is 3.40. The molecule has 0 aliphatic heterocycles. The third-order valence-electron chi connectivity index (χ3n) is 3.93. The Morgan fingerprint density at radius 2 is 2.08 bits per heavy atom. The lowest BCUT2D eigenvalue weighted by Crippen LogP contribution is -2.22. The molecule has 0 saturated heterocycles. The van der Waals surface area contributed by atoms with Gasteiger partial charge in [0.05, 0.1) is 22.5 Å². The Hall–Kier alpha value is -3.19. The highest BCUT2D eigenvalue weighted by atomic mass is 32.1. The van der Waals surface area contributed by atoms with E-state index in [1.165, 1.54) is 4.88 Å². The predicted octanol–water partition coefficient (Wildman–Crippen LogP) is 3.56. The third-order valence-corrected chi connectivity index (χ3v) is 4.96. The molecular weight excluding hydrogens is 346 g/mol. The highest BCUT2D eigenvalue weighted by Gasteiger charge is 2.12. The number of benzene rings is 1. The first-order valence-electron chi connectivity index (χ1n) is 8.18. The average molecular weight is 363 g/mol. The second-order valence-electron chi connectivity index (χ2n) is 5.89. The van der Waals surface area contributed by atoms with Crippen LogP contribution in [0.4, 0.5) is 0 Å². The molecule has 3 aromatic heterocycles. The van der Waals surface area contributed by atoms with Gasteiger partial charge in [0.25, 0.3) is 5.91 Å². The smallest absolute Gasteiger partial charge is 0.272 e. The molecule has 1 amide bonds. The molecule has 2 N–H and O–H groups in total. The van der Waals surface area contributed by atoms with E-state index in [1.807, 2.05) is 55.6 Å². The molecule has 0 saturated carbocycles. The maximum atomic E-state index is 12.3. The summed E-state index contributed by atoms with van der Waals surface area (Å²) in [6, 6.07) is 15.7. The number of para-hydroxylation sites is 1. The van der Waals surface area contributed by atoms with Crippen LogP contribution in [0.1, 0.15) is 20.9 Å². The van der Waals surface area contributed by atoms with Crippen molar-refractivity contribution in [3.05, 3.63) is 77.1 Å². The maximum absolute atomic E-state index is 12.3. The first-order chi connectivity index (χ1) is 12.7. The number of aromatic amines is 1. The number of carbonyl (C=O) groups excluding carboxylic acids is 1. The third kappa shape index (κ3) is 3.43. The van der Waals surface area contributed by atoms with Crippen molar-refractivity contribution in [1.82, 2.24) is 25.3 Å². The summed E-state index contributed by atoms with van der Waals surface area (Å²) >= 11 is 1.66. The summed E-state index contributed by atoms with van der Waals surface area (Å²) in [4.78, 5) is 14.6. The summed E-state index contributed by atoms with van der Waals surface area (Å²) in [6.45, 7) is 2.44. The number of aromatic nitrogens is 4. The molecule has 0 radical (unpaired) electrons. The Balaban J connectivity index is 1.40. The van der Waals surface area contributed by atoms with Crippen LogP contribution in [0, 0.1) is 6.92 Å². The lowest BCUT2D eigenvalue weighted by atomic mass is 10.3. The zero-order valence-corrected chi connectivity index (χ0v) is 15.0. The van der Waals surface area contributed by atoms with E-state index in [0.29, 0.717) is 12.2 Å². The monoisotopic (exact) mass is 363 g/mol. The number of H-pyrrole nitrogens is 1. The zero-order valence-electron chi connectivity index (χ0n) is 14.1. The standard InChI is InChI=1S/C19H17N5OS/c1-13-7-8-18(26-13)16-9-17(23-22-16)19(25)20-10-14-11-21-24(12-14)15-5-3-2-4-6-15/h2-9,11-12H,10H2,1H3,(H,20,25)(H,22,23). The number of rotatable bonds is 5. The fraction of sp³-hybridized carbons (Fsp3) is 0.105. The van der Waals surface area contributed by atoms with Gasteiger partial charge >= 0.3 is 0 Å². The zero-order chi connectivity index (χ0) is 17.9. The largest absolute Gasteiger partial charge is 0.346 e. The highest BCUT2D eigenvalue weighted by Crippen LogP contribution is 2.26. The van der Waals surface area contributed by atoms with E-state index in [0.717, 1.165) is 21.8 Å². The Morgan fingerprint density at radius 3 is 2.85 bits per heavy atom. The van der Waals surface area contributed by atoms with Gasteiger partial charge in [0.15, 0.2) is 5.69 Å². The van der Waals surface area contributed by atoms with Crippen LogP contribution < -0.4 is 5.32 Å². The van der Waals surface area contributed by atoms with E-state index in [-0.39, 0.29) is 5.91 Å². The Morgan fingerprint density at radius 1 is 1.23 bits per heavy atom. The van der Waals surface area contributed by atoms with Crippen LogP contribution >= 0.6 is 11.3 Å². The normalized spacial score (nSPS) is 10.8. The van der Waals surface area contributed by atoms with Gasteiger partial charge in [0, 0.05) is 23.2 Å². The van der Waals surface area contributed by atoms with Crippen molar-refractivity contribution in [3.8, 4) is 16.3 Å². The molecule has 0 fully saturated rings. The van der Waals surface area contributed by atoms with Crippen LogP contribution in [-0.2, 0) is 6.54 Å². The van der Waals surface area contributed by atoms with Crippen molar-refractivity contribution in [2.45, 2.75) is 13.5 Å². The molecular formula is C19H17N5OS. The Kier molecular flexibility index (Phi) is 4.37. The molecule has 0 unspecified atom stereocenters. The fourth-order valence-corrected chi connectivity index (χ4v) is 3.42. The molecule has 6 nitrogen and oxygen atoms in total. The van der Waals surface area contributed by atoms with Gasteiger partial charge in [-0.05, 0) is 37.3 Å². The SMILES string of the molecule is Cc1ccc(-c2cc(C(=O)NCc3cnn(-c4ccccc4)c3)n[nH]2)s1. The van der Waals surface area contributed by atoms with E-state index in [9.17, 15) is 4.79 Å². The van der Waals surface area contributed by atoms with Crippen molar-refractivity contribution < 1.29 is 4.79 Å². The van der Waals surface area contributed by atoms with E-state index in [4.69, 9.17) is 0 Å². The van der Waals surface area contributed by atoms with E-state index in [1.54, 1.807) is 28.3 Å². The van der Waals surface area contributed by atoms with Crippen molar-refractivity contribution in [2.24, 2.45) is 0 Å². The van der Waals surface area contributed by atoms with Crippen LogP contribution in [0.25, 0.3) is 16.3 Å². The lowest BCUT2D eigenvalue weighted by Gasteiger charge is -2.01. The molecule has 1 aromatic carbocycles. The van der Waals surface area contributed by atoms with Gasteiger partial charge in [0.2, 0.25) is 0 Å². The Bertz CT molecular complexity index is 1030. The fourth-order valence-electron chi connectivity index (χ4n) is 2.59. The van der Waals surface area contributed by atoms with Gasteiger partial charge in [-0.3, -0.25) is 9.89 Å². The molecule has 26 heavy (non-hydrogen) atoms. The molecule has 0 atom stereocenters. The molecule has 4 rings (SSSR count). The number of hydrogen-bond acceptors (Lipinski definition) is 4. The number of nitrogens with one attached hydrogen (secondary N) is 2. The molecule has 0 aliphatic rings.